The predicted octanol–water partition coefficient (Wildman–Crippen LogP) is 2.64. The van der Waals surface area contributed by atoms with E-state index in [2.05, 4.69) is 0 Å². The van der Waals surface area contributed by atoms with Crippen LogP contribution in [0.1, 0.15) is 25.0 Å². The largest absolute Gasteiger partial charge is 0.456 e. The Morgan fingerprint density at radius 3 is 2.74 bits per heavy atom. The van der Waals surface area contributed by atoms with E-state index in [1.54, 1.807) is 25.1 Å². The number of methoxy groups -OCH3 is 1. The van der Waals surface area contributed by atoms with E-state index in [-0.39, 0.29) is 17.9 Å². The first-order chi connectivity index (χ1) is 10.9. The van der Waals surface area contributed by atoms with Crippen molar-refractivity contribution in [2.75, 3.05) is 13.7 Å². The quantitative estimate of drug-likeness (QED) is 0.252. The maximum Gasteiger partial charge on any atom is 0.349 e. The van der Waals surface area contributed by atoms with Crippen molar-refractivity contribution in [3.8, 4) is 6.07 Å². The van der Waals surface area contributed by atoms with Gasteiger partial charge in [0.1, 0.15) is 17.7 Å². The van der Waals surface area contributed by atoms with Crippen LogP contribution in [0.15, 0.2) is 23.8 Å². The molecule has 7 heteroatoms. The van der Waals surface area contributed by atoms with Crippen LogP contribution in [0.5, 0.6) is 0 Å². The third kappa shape index (κ3) is 5.20. The van der Waals surface area contributed by atoms with Crippen molar-refractivity contribution in [2.45, 2.75) is 26.4 Å². The second-order valence-corrected chi connectivity index (χ2v) is 4.84. The van der Waals surface area contributed by atoms with E-state index in [1.165, 1.54) is 19.3 Å². The molecule has 0 saturated heterocycles. The third-order valence-corrected chi connectivity index (χ3v) is 3.05. The van der Waals surface area contributed by atoms with E-state index in [0.29, 0.717) is 17.5 Å². The van der Waals surface area contributed by atoms with Gasteiger partial charge in [0.15, 0.2) is 0 Å². The van der Waals surface area contributed by atoms with Gasteiger partial charge < -0.3 is 9.47 Å². The number of ether oxygens (including phenoxy) is 2. The number of carbonyl (C=O) groups is 1. The van der Waals surface area contributed by atoms with Gasteiger partial charge in [0.05, 0.1) is 11.5 Å². The van der Waals surface area contributed by atoms with Crippen LogP contribution in [0.2, 0.25) is 0 Å². The van der Waals surface area contributed by atoms with Crippen LogP contribution in [-0.2, 0) is 20.7 Å². The molecule has 0 bridgehead atoms. The number of rotatable bonds is 7. The van der Waals surface area contributed by atoms with Gasteiger partial charge in [-0.25, -0.2) is 4.79 Å². The summed E-state index contributed by atoms with van der Waals surface area (Å²) in [5.41, 5.74) is 0.704. The first-order valence-electron chi connectivity index (χ1n) is 7.01. The van der Waals surface area contributed by atoms with Crippen LogP contribution in [0, 0.1) is 21.4 Å². The fourth-order valence-electron chi connectivity index (χ4n) is 1.96. The van der Waals surface area contributed by atoms with Crippen LogP contribution in [0.25, 0.3) is 6.08 Å². The van der Waals surface area contributed by atoms with Crippen LogP contribution in [0.4, 0.5) is 5.69 Å². The summed E-state index contributed by atoms with van der Waals surface area (Å²) >= 11 is 0. The lowest BCUT2D eigenvalue weighted by molar-refractivity contribution is -0.385. The van der Waals surface area contributed by atoms with Crippen LogP contribution < -0.4 is 0 Å². The number of hydrogen-bond donors (Lipinski definition) is 0. The molecule has 0 saturated carbocycles. The van der Waals surface area contributed by atoms with Crippen LogP contribution >= 0.6 is 0 Å². The van der Waals surface area contributed by atoms with Gasteiger partial charge in [0, 0.05) is 18.7 Å². The van der Waals surface area contributed by atoms with Gasteiger partial charge in [-0.15, -0.1) is 0 Å². The second kappa shape index (κ2) is 8.66. The molecule has 1 rings (SSSR count). The van der Waals surface area contributed by atoms with Crippen molar-refractivity contribution < 1.29 is 19.2 Å². The highest BCUT2D eigenvalue weighted by Gasteiger charge is 2.17. The molecule has 0 heterocycles. The number of nitro benzene ring substituents is 1. The molecule has 1 aromatic rings. The Hall–Kier alpha value is -2.72. The molecule has 7 nitrogen and oxygen atoms in total. The lowest BCUT2D eigenvalue weighted by Gasteiger charge is -2.11. The lowest BCUT2D eigenvalue weighted by atomic mass is 10.1. The van der Waals surface area contributed by atoms with E-state index < -0.39 is 17.0 Å². The Kier molecular flexibility index (Phi) is 6.90. The molecule has 0 aromatic heterocycles. The minimum atomic E-state index is -0.792. The molecule has 0 unspecified atom stereocenters. The molecule has 0 N–H and O–H groups in total. The third-order valence-electron chi connectivity index (χ3n) is 3.05. The Bertz CT molecular complexity index is 661. The highest BCUT2D eigenvalue weighted by atomic mass is 16.6. The Morgan fingerprint density at radius 2 is 2.22 bits per heavy atom. The SMILES string of the molecule is CCc1ccc(/C=C(\C#N)C(=O)O[C@@H](C)COC)cc1[N+](=O)[O-]. The Balaban J connectivity index is 3.07. The minimum Gasteiger partial charge on any atom is -0.456 e. The highest BCUT2D eigenvalue weighted by Crippen LogP contribution is 2.22. The topological polar surface area (TPSA) is 102 Å². The summed E-state index contributed by atoms with van der Waals surface area (Å²) in [5, 5.41) is 20.1. The average Bonchev–Trinajstić information content (AvgIpc) is 2.52. The zero-order valence-electron chi connectivity index (χ0n) is 13.2. The molecule has 0 radical (unpaired) electrons. The summed E-state index contributed by atoms with van der Waals surface area (Å²) in [4.78, 5) is 22.5. The van der Waals surface area contributed by atoms with Crippen molar-refractivity contribution in [2.24, 2.45) is 0 Å². The van der Waals surface area contributed by atoms with Gasteiger partial charge in [-0.05, 0) is 25.0 Å². The molecule has 0 aliphatic heterocycles. The monoisotopic (exact) mass is 318 g/mol. The molecular formula is C16H18N2O5. The van der Waals surface area contributed by atoms with Gasteiger partial charge in [-0.2, -0.15) is 5.26 Å². The van der Waals surface area contributed by atoms with E-state index in [9.17, 15) is 14.9 Å². The number of aryl methyl sites for hydroxylation is 1. The molecule has 0 amide bonds. The van der Waals surface area contributed by atoms with Crippen molar-refractivity contribution in [3.63, 3.8) is 0 Å². The normalized spacial score (nSPS) is 12.3. The molecule has 1 aromatic carbocycles. The number of carbonyl (C=O) groups excluding carboxylic acids is 1. The highest BCUT2D eigenvalue weighted by molar-refractivity contribution is 5.98. The van der Waals surface area contributed by atoms with E-state index in [1.807, 2.05) is 6.92 Å². The average molecular weight is 318 g/mol. The number of nitrogens with zero attached hydrogens (tertiary/aromatic N) is 2. The molecule has 0 aliphatic carbocycles. The van der Waals surface area contributed by atoms with Gasteiger partial charge in [-0.3, -0.25) is 10.1 Å². The summed E-state index contributed by atoms with van der Waals surface area (Å²) in [6.07, 6.45) is 1.29. The summed E-state index contributed by atoms with van der Waals surface area (Å²) in [6.45, 7) is 3.66. The van der Waals surface area contributed by atoms with Crippen molar-refractivity contribution in [3.05, 3.63) is 45.0 Å². The van der Waals surface area contributed by atoms with Crippen molar-refractivity contribution in [1.29, 1.82) is 5.26 Å². The van der Waals surface area contributed by atoms with E-state index >= 15 is 0 Å². The van der Waals surface area contributed by atoms with Crippen LogP contribution in [-0.4, -0.2) is 30.7 Å². The Labute approximate surface area is 134 Å². The van der Waals surface area contributed by atoms with Gasteiger partial charge >= 0.3 is 5.97 Å². The maximum atomic E-state index is 11.9. The van der Waals surface area contributed by atoms with Crippen molar-refractivity contribution in [1.82, 2.24) is 0 Å². The maximum absolute atomic E-state index is 11.9. The van der Waals surface area contributed by atoms with Gasteiger partial charge in [-0.1, -0.05) is 19.1 Å². The summed E-state index contributed by atoms with van der Waals surface area (Å²) in [6, 6.07) is 6.32. The smallest absolute Gasteiger partial charge is 0.349 e. The number of benzene rings is 1. The lowest BCUT2D eigenvalue weighted by Crippen LogP contribution is -2.20. The second-order valence-electron chi connectivity index (χ2n) is 4.84. The molecule has 23 heavy (non-hydrogen) atoms. The zero-order valence-corrected chi connectivity index (χ0v) is 13.2. The number of nitriles is 1. The molecule has 0 fully saturated rings. The van der Waals surface area contributed by atoms with E-state index in [0.717, 1.165) is 0 Å². The van der Waals surface area contributed by atoms with E-state index in [4.69, 9.17) is 14.7 Å². The summed E-state index contributed by atoms with van der Waals surface area (Å²) in [5.74, 6) is -0.792. The fourth-order valence-corrected chi connectivity index (χ4v) is 1.96. The molecule has 0 aliphatic rings. The van der Waals surface area contributed by atoms with Gasteiger partial charge in [0.25, 0.3) is 5.69 Å². The Morgan fingerprint density at radius 1 is 1.52 bits per heavy atom. The first kappa shape index (κ1) is 18.3. The van der Waals surface area contributed by atoms with Crippen LogP contribution in [0.3, 0.4) is 0 Å². The summed E-state index contributed by atoms with van der Waals surface area (Å²) < 4.78 is 9.90. The minimum absolute atomic E-state index is 0.0420. The van der Waals surface area contributed by atoms with Crippen molar-refractivity contribution >= 4 is 17.7 Å². The molecule has 0 spiro atoms. The zero-order chi connectivity index (χ0) is 17.4. The molecule has 1 atom stereocenters. The standard InChI is InChI=1S/C16H18N2O5/c1-4-13-6-5-12(8-15(13)18(20)21)7-14(9-17)16(19)23-11(2)10-22-3/h5-8,11H,4,10H2,1-3H3/b14-7+/t11-/m0/s1. The molecule has 122 valence electrons. The summed E-state index contributed by atoms with van der Waals surface area (Å²) in [7, 11) is 1.47. The molecular weight excluding hydrogens is 300 g/mol. The number of esters is 1. The predicted molar refractivity (Wildman–Crippen MR) is 83.5 cm³/mol. The van der Waals surface area contributed by atoms with Gasteiger partial charge in [0.2, 0.25) is 0 Å². The number of nitro groups is 1. The first-order valence-corrected chi connectivity index (χ1v) is 7.01. The number of hydrogen-bond acceptors (Lipinski definition) is 6. The fraction of sp³-hybridized carbons (Fsp3) is 0.375.